The van der Waals surface area contributed by atoms with Crippen LogP contribution < -0.4 is 0 Å². The van der Waals surface area contributed by atoms with Crippen LogP contribution in [0.4, 0.5) is 0 Å². The van der Waals surface area contributed by atoms with Crippen molar-refractivity contribution in [3.8, 4) is 0 Å². The molecule has 0 spiro atoms. The van der Waals surface area contributed by atoms with E-state index in [4.69, 9.17) is 4.74 Å². The van der Waals surface area contributed by atoms with Gasteiger partial charge in [0.2, 0.25) is 0 Å². The number of esters is 1. The summed E-state index contributed by atoms with van der Waals surface area (Å²) >= 11 is 0. The molecule has 182 valence electrons. The number of carbonyl (C=O) groups excluding carboxylic acids is 1. The summed E-state index contributed by atoms with van der Waals surface area (Å²) in [4.78, 5) is 11.8. The van der Waals surface area contributed by atoms with Crippen LogP contribution in [0.3, 0.4) is 0 Å². The van der Waals surface area contributed by atoms with E-state index in [1.54, 1.807) is 0 Å². The molecule has 0 atom stereocenters. The van der Waals surface area contributed by atoms with E-state index in [0.29, 0.717) is 13.0 Å². The molecule has 0 heterocycles. The lowest BCUT2D eigenvalue weighted by Gasteiger charge is -2.04. The van der Waals surface area contributed by atoms with Crippen molar-refractivity contribution in [2.45, 2.75) is 149 Å². The molecule has 0 radical (unpaired) electrons. The van der Waals surface area contributed by atoms with Gasteiger partial charge in [0.1, 0.15) is 0 Å². The van der Waals surface area contributed by atoms with Crippen LogP contribution in [-0.4, -0.2) is 12.6 Å². The number of carbonyl (C=O) groups is 1. The third kappa shape index (κ3) is 26.9. The molecule has 0 aliphatic rings. The number of allylic oxidation sites excluding steroid dienone is 4. The highest BCUT2D eigenvalue weighted by atomic mass is 16.5. The first kappa shape index (κ1) is 29.9. The Morgan fingerprint density at radius 1 is 0.548 bits per heavy atom. The van der Waals surface area contributed by atoms with Crippen LogP contribution in [0.25, 0.3) is 0 Å². The van der Waals surface area contributed by atoms with Crippen LogP contribution in [0.1, 0.15) is 149 Å². The second kappa shape index (κ2) is 27.0. The number of hydrogen-bond acceptors (Lipinski definition) is 2. The second-order valence-electron chi connectivity index (χ2n) is 8.99. The quantitative estimate of drug-likeness (QED) is 0.0858. The number of ether oxygens (including phenoxy) is 1. The predicted octanol–water partition coefficient (Wildman–Crippen LogP) is 9.87. The number of rotatable bonds is 24. The Bertz CT molecular complexity index is 411. The first-order chi connectivity index (χ1) is 15.3. The maximum atomic E-state index is 11.8. The Balaban J connectivity index is 3.23. The molecule has 0 aliphatic heterocycles. The molecule has 31 heavy (non-hydrogen) atoms. The van der Waals surface area contributed by atoms with E-state index in [0.717, 1.165) is 38.5 Å². The van der Waals surface area contributed by atoms with Gasteiger partial charge in [-0.3, -0.25) is 4.79 Å². The van der Waals surface area contributed by atoms with Crippen molar-refractivity contribution in [2.75, 3.05) is 6.61 Å². The molecular weight excluding hydrogens is 380 g/mol. The minimum absolute atomic E-state index is 0.00469. The first-order valence-electron chi connectivity index (χ1n) is 13.8. The van der Waals surface area contributed by atoms with Crippen LogP contribution >= 0.6 is 0 Å². The van der Waals surface area contributed by atoms with Crippen LogP contribution in [0.5, 0.6) is 0 Å². The summed E-state index contributed by atoms with van der Waals surface area (Å²) in [5.41, 5.74) is 0. The molecule has 0 fully saturated rings. The summed E-state index contributed by atoms with van der Waals surface area (Å²) in [6.07, 6.45) is 35.0. The molecule has 0 aromatic rings. The average Bonchev–Trinajstić information content (AvgIpc) is 2.77. The Kier molecular flexibility index (Phi) is 26.1. The molecule has 0 aromatic carbocycles. The van der Waals surface area contributed by atoms with Crippen molar-refractivity contribution in [1.29, 1.82) is 0 Å². The standard InChI is InChI=1S/C29H54O2/c1-3-5-7-9-11-13-15-16-17-18-20-22-24-26-28-31-29(30)27-25-23-21-19-14-12-10-8-6-4-2/h6,8,18,20H,3-5,7,9-17,19,21-28H2,1-2H3/b8-6-,20-18-. The second-order valence-corrected chi connectivity index (χ2v) is 8.99. The highest BCUT2D eigenvalue weighted by Gasteiger charge is 2.02. The lowest BCUT2D eigenvalue weighted by Crippen LogP contribution is -2.05. The molecule has 0 saturated carbocycles. The summed E-state index contributed by atoms with van der Waals surface area (Å²) in [5, 5.41) is 0. The van der Waals surface area contributed by atoms with Gasteiger partial charge >= 0.3 is 5.97 Å². The maximum Gasteiger partial charge on any atom is 0.305 e. The summed E-state index contributed by atoms with van der Waals surface area (Å²) in [5.74, 6) is -0.00469. The number of unbranched alkanes of at least 4 members (excludes halogenated alkanes) is 16. The topological polar surface area (TPSA) is 26.3 Å². The van der Waals surface area contributed by atoms with E-state index in [-0.39, 0.29) is 5.97 Å². The molecule has 0 saturated heterocycles. The lowest BCUT2D eigenvalue weighted by molar-refractivity contribution is -0.143. The van der Waals surface area contributed by atoms with Gasteiger partial charge in [0, 0.05) is 6.42 Å². The predicted molar refractivity (Wildman–Crippen MR) is 138 cm³/mol. The van der Waals surface area contributed by atoms with Gasteiger partial charge in [0.15, 0.2) is 0 Å². The average molecular weight is 435 g/mol. The van der Waals surface area contributed by atoms with Gasteiger partial charge < -0.3 is 4.74 Å². The van der Waals surface area contributed by atoms with E-state index in [2.05, 4.69) is 38.2 Å². The van der Waals surface area contributed by atoms with Crippen molar-refractivity contribution in [3.05, 3.63) is 24.3 Å². The van der Waals surface area contributed by atoms with Crippen molar-refractivity contribution < 1.29 is 9.53 Å². The highest BCUT2D eigenvalue weighted by Crippen LogP contribution is 2.11. The zero-order valence-electron chi connectivity index (χ0n) is 21.2. The van der Waals surface area contributed by atoms with Crippen LogP contribution in [0.15, 0.2) is 24.3 Å². The monoisotopic (exact) mass is 434 g/mol. The zero-order chi connectivity index (χ0) is 22.7. The van der Waals surface area contributed by atoms with Crippen molar-refractivity contribution in [1.82, 2.24) is 0 Å². The molecule has 0 amide bonds. The van der Waals surface area contributed by atoms with Crippen molar-refractivity contribution in [3.63, 3.8) is 0 Å². The largest absolute Gasteiger partial charge is 0.466 e. The van der Waals surface area contributed by atoms with E-state index in [1.807, 2.05) is 0 Å². The highest BCUT2D eigenvalue weighted by molar-refractivity contribution is 5.69. The Labute approximate surface area is 195 Å². The van der Waals surface area contributed by atoms with Gasteiger partial charge in [0.05, 0.1) is 6.61 Å². The SMILES string of the molecule is CC/C=C\CCCCCCCCC(=O)OCCCC/C=C\CCCCCCCCCC. The van der Waals surface area contributed by atoms with E-state index in [1.165, 1.54) is 89.9 Å². The third-order valence-corrected chi connectivity index (χ3v) is 5.82. The normalized spacial score (nSPS) is 11.7. The van der Waals surface area contributed by atoms with Gasteiger partial charge in [-0.25, -0.2) is 0 Å². The van der Waals surface area contributed by atoms with Gasteiger partial charge in [-0.2, -0.15) is 0 Å². The smallest absolute Gasteiger partial charge is 0.305 e. The lowest BCUT2D eigenvalue weighted by atomic mass is 10.1. The van der Waals surface area contributed by atoms with Crippen molar-refractivity contribution >= 4 is 5.97 Å². The molecular formula is C29H54O2. The molecule has 0 N–H and O–H groups in total. The fourth-order valence-electron chi connectivity index (χ4n) is 3.78. The first-order valence-corrected chi connectivity index (χ1v) is 13.8. The maximum absolute atomic E-state index is 11.8. The van der Waals surface area contributed by atoms with Gasteiger partial charge in [-0.1, -0.05) is 109 Å². The Morgan fingerprint density at radius 2 is 1.00 bits per heavy atom. The van der Waals surface area contributed by atoms with Crippen LogP contribution in [-0.2, 0) is 9.53 Å². The number of hydrogen-bond donors (Lipinski definition) is 0. The summed E-state index contributed by atoms with van der Waals surface area (Å²) < 4.78 is 5.36. The van der Waals surface area contributed by atoms with Crippen LogP contribution in [0, 0.1) is 0 Å². The zero-order valence-corrected chi connectivity index (χ0v) is 21.2. The van der Waals surface area contributed by atoms with Crippen LogP contribution in [0.2, 0.25) is 0 Å². The van der Waals surface area contributed by atoms with E-state index >= 15 is 0 Å². The fourth-order valence-corrected chi connectivity index (χ4v) is 3.78. The molecule has 0 rings (SSSR count). The molecule has 0 bridgehead atoms. The third-order valence-electron chi connectivity index (χ3n) is 5.82. The fraction of sp³-hybridized carbons (Fsp3) is 0.828. The van der Waals surface area contributed by atoms with Crippen molar-refractivity contribution in [2.24, 2.45) is 0 Å². The summed E-state index contributed by atoms with van der Waals surface area (Å²) in [6.45, 7) is 5.05. The molecule has 0 aliphatic carbocycles. The Morgan fingerprint density at radius 3 is 1.55 bits per heavy atom. The molecule has 2 nitrogen and oxygen atoms in total. The molecule has 2 heteroatoms. The van der Waals surface area contributed by atoms with E-state index in [9.17, 15) is 4.79 Å². The van der Waals surface area contributed by atoms with Gasteiger partial charge in [0.25, 0.3) is 0 Å². The minimum Gasteiger partial charge on any atom is -0.466 e. The molecule has 0 unspecified atom stereocenters. The summed E-state index contributed by atoms with van der Waals surface area (Å²) in [6, 6.07) is 0. The molecule has 0 aromatic heterocycles. The Hall–Kier alpha value is -1.05. The van der Waals surface area contributed by atoms with Gasteiger partial charge in [-0.05, 0) is 57.8 Å². The van der Waals surface area contributed by atoms with Gasteiger partial charge in [-0.15, -0.1) is 0 Å². The minimum atomic E-state index is -0.00469. The summed E-state index contributed by atoms with van der Waals surface area (Å²) in [7, 11) is 0. The van der Waals surface area contributed by atoms with E-state index < -0.39 is 0 Å².